The van der Waals surface area contributed by atoms with Crippen molar-refractivity contribution < 1.29 is 8.81 Å². The van der Waals surface area contributed by atoms with Crippen molar-refractivity contribution in [2.45, 2.75) is 44.3 Å². The zero-order chi connectivity index (χ0) is 20.3. The van der Waals surface area contributed by atoms with Crippen LogP contribution in [0.2, 0.25) is 0 Å². The van der Waals surface area contributed by atoms with Crippen LogP contribution in [0.15, 0.2) is 47.1 Å². The predicted molar refractivity (Wildman–Crippen MR) is 109 cm³/mol. The number of halogens is 1. The van der Waals surface area contributed by atoms with Crippen molar-refractivity contribution in [2.24, 2.45) is 0 Å². The number of rotatable bonds is 6. The monoisotopic (exact) mass is 410 g/mol. The van der Waals surface area contributed by atoms with Crippen LogP contribution in [0, 0.1) is 5.82 Å². The highest BCUT2D eigenvalue weighted by molar-refractivity contribution is 5.26. The van der Waals surface area contributed by atoms with Gasteiger partial charge < -0.3 is 4.42 Å². The van der Waals surface area contributed by atoms with Crippen LogP contribution in [-0.2, 0) is 6.54 Å². The Hall–Kier alpha value is -2.58. The standard InChI is InChI=1S/C22H27FN6O/c23-18-9-7-17(8-10-18)21(22-24-25-26-29(22)16-20-6-3-15-30-20)28-13-11-27(12-14-28)19-4-1-2-5-19/h3,6-10,15,19,21H,1-2,4-5,11-14,16H2. The lowest BCUT2D eigenvalue weighted by Crippen LogP contribution is -2.51. The summed E-state index contributed by atoms with van der Waals surface area (Å²) in [7, 11) is 0. The molecule has 8 heteroatoms. The van der Waals surface area contributed by atoms with Crippen molar-refractivity contribution in [1.82, 2.24) is 30.0 Å². The molecule has 0 amide bonds. The number of aromatic nitrogens is 4. The fourth-order valence-corrected chi connectivity index (χ4v) is 4.87. The van der Waals surface area contributed by atoms with Gasteiger partial charge in [0.1, 0.15) is 18.1 Å². The summed E-state index contributed by atoms with van der Waals surface area (Å²) in [6.45, 7) is 4.43. The molecule has 7 nitrogen and oxygen atoms in total. The van der Waals surface area contributed by atoms with E-state index in [1.54, 1.807) is 10.9 Å². The predicted octanol–water partition coefficient (Wildman–Crippen LogP) is 3.10. The fourth-order valence-electron chi connectivity index (χ4n) is 4.87. The number of furan rings is 1. The van der Waals surface area contributed by atoms with E-state index in [9.17, 15) is 4.39 Å². The van der Waals surface area contributed by atoms with E-state index in [4.69, 9.17) is 4.42 Å². The highest BCUT2D eigenvalue weighted by Crippen LogP contribution is 2.30. The molecular weight excluding hydrogens is 383 g/mol. The van der Waals surface area contributed by atoms with Crippen LogP contribution in [0.5, 0.6) is 0 Å². The number of nitrogens with zero attached hydrogens (tertiary/aromatic N) is 6. The maximum Gasteiger partial charge on any atom is 0.173 e. The maximum atomic E-state index is 13.6. The summed E-state index contributed by atoms with van der Waals surface area (Å²) in [6, 6.07) is 11.1. The molecule has 1 atom stereocenters. The Labute approximate surface area is 175 Å². The average Bonchev–Trinajstić information content (AvgIpc) is 3.54. The summed E-state index contributed by atoms with van der Waals surface area (Å²) in [5.41, 5.74) is 1.00. The highest BCUT2D eigenvalue weighted by Gasteiger charge is 2.33. The van der Waals surface area contributed by atoms with E-state index in [1.807, 2.05) is 24.3 Å². The molecule has 1 saturated heterocycles. The zero-order valence-electron chi connectivity index (χ0n) is 17.0. The van der Waals surface area contributed by atoms with E-state index in [0.29, 0.717) is 6.54 Å². The van der Waals surface area contributed by atoms with Crippen LogP contribution in [0.25, 0.3) is 0 Å². The quantitative estimate of drug-likeness (QED) is 0.622. The normalized spacial score (nSPS) is 20.0. The van der Waals surface area contributed by atoms with Gasteiger partial charge in [0.2, 0.25) is 0 Å². The summed E-state index contributed by atoms with van der Waals surface area (Å²) in [5.74, 6) is 1.32. The minimum Gasteiger partial charge on any atom is -0.467 e. The van der Waals surface area contributed by atoms with Crippen molar-refractivity contribution in [3.63, 3.8) is 0 Å². The third-order valence-electron chi connectivity index (χ3n) is 6.43. The molecule has 3 heterocycles. The van der Waals surface area contributed by atoms with Crippen molar-refractivity contribution in [2.75, 3.05) is 26.2 Å². The summed E-state index contributed by atoms with van der Waals surface area (Å²) in [5, 5.41) is 12.5. The van der Waals surface area contributed by atoms with Crippen LogP contribution >= 0.6 is 0 Å². The highest BCUT2D eigenvalue weighted by atomic mass is 19.1. The molecule has 1 aromatic carbocycles. The van der Waals surface area contributed by atoms with Crippen LogP contribution < -0.4 is 0 Å². The number of piperazine rings is 1. The average molecular weight is 410 g/mol. The molecule has 158 valence electrons. The molecule has 1 saturated carbocycles. The molecule has 1 aliphatic carbocycles. The van der Waals surface area contributed by atoms with Crippen molar-refractivity contribution in [3.05, 3.63) is 65.6 Å². The second-order valence-electron chi connectivity index (χ2n) is 8.24. The first-order chi connectivity index (χ1) is 14.8. The third kappa shape index (κ3) is 4.02. The van der Waals surface area contributed by atoms with Gasteiger partial charge in [-0.1, -0.05) is 25.0 Å². The van der Waals surface area contributed by atoms with Crippen LogP contribution in [0.3, 0.4) is 0 Å². The summed E-state index contributed by atoms with van der Waals surface area (Å²) in [6.07, 6.45) is 7.00. The molecule has 0 bridgehead atoms. The summed E-state index contributed by atoms with van der Waals surface area (Å²) < 4.78 is 20.9. The fraction of sp³-hybridized carbons (Fsp3) is 0.500. The van der Waals surface area contributed by atoms with E-state index >= 15 is 0 Å². The molecule has 2 aliphatic rings. The Morgan fingerprint density at radius 2 is 1.80 bits per heavy atom. The first-order valence-corrected chi connectivity index (χ1v) is 10.8. The summed E-state index contributed by atoms with van der Waals surface area (Å²) >= 11 is 0. The second kappa shape index (κ2) is 8.65. The number of benzene rings is 1. The van der Waals surface area contributed by atoms with E-state index in [1.165, 1.54) is 37.8 Å². The van der Waals surface area contributed by atoms with Crippen molar-refractivity contribution in [3.8, 4) is 0 Å². The lowest BCUT2D eigenvalue weighted by atomic mass is 10.0. The molecule has 2 aromatic heterocycles. The molecule has 5 rings (SSSR count). The van der Waals surface area contributed by atoms with Gasteiger partial charge in [-0.15, -0.1) is 5.10 Å². The van der Waals surface area contributed by atoms with Gasteiger partial charge in [0.15, 0.2) is 5.82 Å². The molecular formula is C22H27FN6O. The lowest BCUT2D eigenvalue weighted by molar-refractivity contribution is 0.0770. The first-order valence-electron chi connectivity index (χ1n) is 10.8. The second-order valence-corrected chi connectivity index (χ2v) is 8.24. The number of hydrogen-bond acceptors (Lipinski definition) is 6. The maximum absolute atomic E-state index is 13.6. The minimum atomic E-state index is -0.237. The topological polar surface area (TPSA) is 63.2 Å². The van der Waals surface area contributed by atoms with Gasteiger partial charge >= 0.3 is 0 Å². The van der Waals surface area contributed by atoms with Gasteiger partial charge in [-0.3, -0.25) is 9.80 Å². The van der Waals surface area contributed by atoms with Gasteiger partial charge in [0, 0.05) is 32.2 Å². The van der Waals surface area contributed by atoms with E-state index in [-0.39, 0.29) is 11.9 Å². The largest absolute Gasteiger partial charge is 0.467 e. The molecule has 1 unspecified atom stereocenters. The third-order valence-corrected chi connectivity index (χ3v) is 6.43. The van der Waals surface area contributed by atoms with Crippen LogP contribution in [0.1, 0.15) is 48.9 Å². The van der Waals surface area contributed by atoms with E-state index in [2.05, 4.69) is 25.3 Å². The summed E-state index contributed by atoms with van der Waals surface area (Å²) in [4.78, 5) is 5.06. The molecule has 0 radical (unpaired) electrons. The molecule has 2 fully saturated rings. The smallest absolute Gasteiger partial charge is 0.173 e. The Morgan fingerprint density at radius 1 is 1.03 bits per heavy atom. The van der Waals surface area contributed by atoms with Gasteiger partial charge in [0.05, 0.1) is 12.3 Å². The van der Waals surface area contributed by atoms with Crippen LogP contribution in [0.4, 0.5) is 4.39 Å². The number of hydrogen-bond donors (Lipinski definition) is 0. The van der Waals surface area contributed by atoms with E-state index < -0.39 is 0 Å². The SMILES string of the molecule is Fc1ccc(C(c2nnnn2Cc2ccco2)N2CCN(C3CCCC3)CC2)cc1. The zero-order valence-corrected chi connectivity index (χ0v) is 17.0. The van der Waals surface area contributed by atoms with Crippen molar-refractivity contribution >= 4 is 0 Å². The Kier molecular flexibility index (Phi) is 5.59. The Balaban J connectivity index is 1.41. The number of tetrazole rings is 1. The lowest BCUT2D eigenvalue weighted by Gasteiger charge is -2.41. The first kappa shape index (κ1) is 19.4. The van der Waals surface area contributed by atoms with Gasteiger partial charge in [0.25, 0.3) is 0 Å². The van der Waals surface area contributed by atoms with Crippen molar-refractivity contribution in [1.29, 1.82) is 0 Å². The van der Waals surface area contributed by atoms with Gasteiger partial charge in [-0.2, -0.15) is 0 Å². The van der Waals surface area contributed by atoms with E-state index in [0.717, 1.165) is 49.4 Å². The molecule has 1 aliphatic heterocycles. The molecule has 3 aromatic rings. The molecule has 0 N–H and O–H groups in total. The Bertz CT molecular complexity index is 927. The van der Waals surface area contributed by atoms with Gasteiger partial charge in [-0.25, -0.2) is 9.07 Å². The van der Waals surface area contributed by atoms with Gasteiger partial charge in [-0.05, 0) is 53.1 Å². The minimum absolute atomic E-state index is 0.124. The molecule has 0 spiro atoms. The Morgan fingerprint density at radius 3 is 2.50 bits per heavy atom. The molecule has 30 heavy (non-hydrogen) atoms. The van der Waals surface area contributed by atoms with Crippen LogP contribution in [-0.4, -0.2) is 62.2 Å².